The molecule has 3 atom stereocenters. The smallest absolute Gasteiger partial charge is 0.481 e. The molecule has 1 fully saturated rings. The highest BCUT2D eigenvalue weighted by Crippen LogP contribution is 2.23. The van der Waals surface area contributed by atoms with Gasteiger partial charge in [0.15, 0.2) is 0 Å². The van der Waals surface area contributed by atoms with Crippen LogP contribution in [-0.4, -0.2) is 63.2 Å². The van der Waals surface area contributed by atoms with Crippen molar-refractivity contribution < 1.29 is 23.2 Å². The molecule has 1 heterocycles. The monoisotopic (exact) mass is 333 g/mol. The van der Waals surface area contributed by atoms with E-state index in [1.54, 1.807) is 0 Å². The lowest BCUT2D eigenvalue weighted by molar-refractivity contribution is -0.137. The second-order valence-electron chi connectivity index (χ2n) is 5.86. The lowest BCUT2D eigenvalue weighted by Gasteiger charge is -2.31. The molecule has 7 heteroatoms. The van der Waals surface area contributed by atoms with Crippen LogP contribution in [0.3, 0.4) is 0 Å². The minimum absolute atomic E-state index is 0.0578. The van der Waals surface area contributed by atoms with Crippen LogP contribution in [0.25, 0.3) is 0 Å². The molecular formula is C15H31NO5Si. The van der Waals surface area contributed by atoms with Crippen molar-refractivity contribution in [2.45, 2.75) is 65.1 Å². The normalized spacial score (nSPS) is 22.5. The van der Waals surface area contributed by atoms with E-state index >= 15 is 0 Å². The molecule has 0 spiro atoms. The molecule has 0 aromatic rings. The standard InChI is InChI=1S/C15H31NO5Si/c1-5-19-22(20-6-2,11-7-8-15(17)18)21-14(4)9-10-16-12-13(16)3/h13-14H,5-12H2,1-4H3,(H,17,18). The Balaban J connectivity index is 2.50. The molecule has 0 aromatic carbocycles. The molecule has 130 valence electrons. The highest BCUT2D eigenvalue weighted by Gasteiger charge is 2.42. The van der Waals surface area contributed by atoms with Gasteiger partial charge in [0.1, 0.15) is 0 Å². The van der Waals surface area contributed by atoms with E-state index in [4.69, 9.17) is 18.4 Å². The summed E-state index contributed by atoms with van der Waals surface area (Å²) in [6, 6.07) is 1.26. The number of carbonyl (C=O) groups is 1. The van der Waals surface area contributed by atoms with E-state index in [2.05, 4.69) is 11.8 Å². The number of hydrogen-bond donors (Lipinski definition) is 1. The minimum Gasteiger partial charge on any atom is -0.481 e. The Kier molecular flexibility index (Phi) is 8.56. The van der Waals surface area contributed by atoms with Crippen LogP contribution in [0.15, 0.2) is 0 Å². The topological polar surface area (TPSA) is 68.0 Å². The molecule has 0 amide bonds. The maximum atomic E-state index is 10.7. The van der Waals surface area contributed by atoms with Gasteiger partial charge in [-0.05, 0) is 40.5 Å². The Hall–Kier alpha value is -0.473. The van der Waals surface area contributed by atoms with E-state index in [9.17, 15) is 4.79 Å². The molecule has 0 saturated carbocycles. The van der Waals surface area contributed by atoms with E-state index in [0.717, 1.165) is 13.0 Å². The molecule has 0 aromatic heterocycles. The van der Waals surface area contributed by atoms with Crippen molar-refractivity contribution >= 4 is 14.8 Å². The van der Waals surface area contributed by atoms with Crippen LogP contribution >= 0.6 is 0 Å². The number of rotatable bonds is 13. The largest absolute Gasteiger partial charge is 0.501 e. The van der Waals surface area contributed by atoms with Gasteiger partial charge in [-0.3, -0.25) is 9.69 Å². The number of carboxylic acids is 1. The minimum atomic E-state index is -2.78. The summed E-state index contributed by atoms with van der Waals surface area (Å²) in [7, 11) is -2.78. The predicted molar refractivity (Wildman–Crippen MR) is 86.9 cm³/mol. The third kappa shape index (κ3) is 7.19. The van der Waals surface area contributed by atoms with Crippen LogP contribution in [0.2, 0.25) is 6.04 Å². The average Bonchev–Trinajstić information content (AvgIpc) is 3.12. The first-order valence-electron chi connectivity index (χ1n) is 8.34. The summed E-state index contributed by atoms with van der Waals surface area (Å²) in [5, 5.41) is 8.82. The van der Waals surface area contributed by atoms with Crippen LogP contribution in [0, 0.1) is 0 Å². The van der Waals surface area contributed by atoms with Crippen molar-refractivity contribution in [3.8, 4) is 0 Å². The second kappa shape index (κ2) is 9.62. The first-order chi connectivity index (χ1) is 10.4. The van der Waals surface area contributed by atoms with Crippen molar-refractivity contribution in [3.05, 3.63) is 0 Å². The Morgan fingerprint density at radius 3 is 2.41 bits per heavy atom. The summed E-state index contributed by atoms with van der Waals surface area (Å²) in [5.74, 6) is -0.792. The molecule has 1 aliphatic heterocycles. The molecule has 1 aliphatic rings. The molecule has 1 rings (SSSR count). The second-order valence-corrected chi connectivity index (χ2v) is 8.54. The van der Waals surface area contributed by atoms with Crippen LogP contribution in [0.4, 0.5) is 0 Å². The van der Waals surface area contributed by atoms with E-state index in [0.29, 0.717) is 31.7 Å². The summed E-state index contributed by atoms with van der Waals surface area (Å²) in [4.78, 5) is 13.1. The maximum absolute atomic E-state index is 10.7. The van der Waals surface area contributed by atoms with Crippen LogP contribution in [-0.2, 0) is 18.1 Å². The van der Waals surface area contributed by atoms with Gasteiger partial charge in [-0.25, -0.2) is 0 Å². The van der Waals surface area contributed by atoms with Gasteiger partial charge in [-0.2, -0.15) is 0 Å². The first kappa shape index (κ1) is 19.6. The molecule has 3 unspecified atom stereocenters. The Bertz CT molecular complexity index is 336. The van der Waals surface area contributed by atoms with Crippen molar-refractivity contribution in [2.75, 3.05) is 26.3 Å². The third-order valence-electron chi connectivity index (χ3n) is 3.79. The Labute approximate surface area is 135 Å². The molecule has 6 nitrogen and oxygen atoms in total. The molecule has 22 heavy (non-hydrogen) atoms. The summed E-state index contributed by atoms with van der Waals surface area (Å²) in [6.45, 7) is 11.4. The maximum Gasteiger partial charge on any atom is 0.501 e. The van der Waals surface area contributed by atoms with Crippen molar-refractivity contribution in [2.24, 2.45) is 0 Å². The summed E-state index contributed by atoms with van der Waals surface area (Å²) in [5.41, 5.74) is 0. The lowest BCUT2D eigenvalue weighted by Crippen LogP contribution is -2.48. The SMILES string of the molecule is CCO[Si](CCCC(=O)O)(OCC)OC(C)CCN1CC1C. The summed E-state index contributed by atoms with van der Waals surface area (Å²) in [6.07, 6.45) is 1.65. The fraction of sp³-hybridized carbons (Fsp3) is 0.933. The Morgan fingerprint density at radius 2 is 1.95 bits per heavy atom. The lowest BCUT2D eigenvalue weighted by atomic mass is 10.3. The molecule has 0 radical (unpaired) electrons. The predicted octanol–water partition coefficient (Wildman–Crippen LogP) is 2.36. The number of nitrogens with zero attached hydrogens (tertiary/aromatic N) is 1. The van der Waals surface area contributed by atoms with Crippen LogP contribution < -0.4 is 0 Å². The zero-order chi connectivity index (χ0) is 16.6. The molecule has 0 bridgehead atoms. The highest BCUT2D eigenvalue weighted by molar-refractivity contribution is 6.60. The zero-order valence-electron chi connectivity index (χ0n) is 14.3. The van der Waals surface area contributed by atoms with Gasteiger partial charge in [-0.15, -0.1) is 0 Å². The molecule has 1 saturated heterocycles. The fourth-order valence-electron chi connectivity index (χ4n) is 2.53. The number of hydrogen-bond acceptors (Lipinski definition) is 5. The van der Waals surface area contributed by atoms with Gasteiger partial charge in [0.05, 0.1) is 0 Å². The Morgan fingerprint density at radius 1 is 1.36 bits per heavy atom. The summed E-state index contributed by atoms with van der Waals surface area (Å²) < 4.78 is 17.9. The number of carboxylic acid groups (broad SMARTS) is 1. The quantitative estimate of drug-likeness (QED) is 0.412. The van der Waals surface area contributed by atoms with E-state index < -0.39 is 14.8 Å². The molecular weight excluding hydrogens is 302 g/mol. The van der Waals surface area contributed by atoms with Crippen molar-refractivity contribution in [1.82, 2.24) is 4.90 Å². The van der Waals surface area contributed by atoms with E-state index in [1.807, 2.05) is 20.8 Å². The van der Waals surface area contributed by atoms with Crippen LogP contribution in [0.1, 0.15) is 47.0 Å². The van der Waals surface area contributed by atoms with Gasteiger partial charge in [0.25, 0.3) is 0 Å². The fourth-order valence-corrected chi connectivity index (χ4v) is 5.37. The third-order valence-corrected chi connectivity index (χ3v) is 6.98. The molecule has 1 N–H and O–H groups in total. The van der Waals surface area contributed by atoms with Gasteiger partial charge < -0.3 is 18.4 Å². The van der Waals surface area contributed by atoms with E-state index in [1.165, 1.54) is 6.54 Å². The molecule has 0 aliphatic carbocycles. The highest BCUT2D eigenvalue weighted by atomic mass is 28.4. The average molecular weight is 334 g/mol. The summed E-state index contributed by atoms with van der Waals surface area (Å²) >= 11 is 0. The van der Waals surface area contributed by atoms with Gasteiger partial charge in [-0.1, -0.05) is 0 Å². The van der Waals surface area contributed by atoms with Gasteiger partial charge >= 0.3 is 14.8 Å². The van der Waals surface area contributed by atoms with Gasteiger partial charge in [0, 0.05) is 50.9 Å². The van der Waals surface area contributed by atoms with Gasteiger partial charge in [0.2, 0.25) is 0 Å². The van der Waals surface area contributed by atoms with Crippen molar-refractivity contribution in [3.63, 3.8) is 0 Å². The van der Waals surface area contributed by atoms with E-state index in [-0.39, 0.29) is 12.5 Å². The zero-order valence-corrected chi connectivity index (χ0v) is 15.3. The van der Waals surface area contributed by atoms with Crippen LogP contribution in [0.5, 0.6) is 0 Å². The van der Waals surface area contributed by atoms with Crippen molar-refractivity contribution in [1.29, 1.82) is 0 Å². The number of aliphatic carboxylic acids is 1. The first-order valence-corrected chi connectivity index (χ1v) is 10.3.